The van der Waals surface area contributed by atoms with Gasteiger partial charge in [0.15, 0.2) is 0 Å². The van der Waals surface area contributed by atoms with Gasteiger partial charge in [0.2, 0.25) is 0 Å². The van der Waals surface area contributed by atoms with Crippen LogP contribution in [-0.2, 0) is 43.8 Å². The molecule has 0 bridgehead atoms. The average molecular weight is 147 g/mol. The first-order chi connectivity index (χ1) is 1.91. The van der Waals surface area contributed by atoms with Gasteiger partial charge in [0, 0.05) is 0 Å². The van der Waals surface area contributed by atoms with Crippen LogP contribution in [0.15, 0.2) is 0 Å². The van der Waals surface area contributed by atoms with Crippen molar-refractivity contribution in [3.63, 3.8) is 0 Å². The third-order valence-electron chi connectivity index (χ3n) is 0.0304. The van der Waals surface area contributed by atoms with Gasteiger partial charge in [0.05, 0.1) is 0 Å². The zero-order valence-corrected chi connectivity index (χ0v) is 5.52. The fourth-order valence-electron chi connectivity index (χ4n) is 0. The van der Waals surface area contributed by atoms with E-state index in [1.54, 1.807) is 0 Å². The SMILES string of the molecule is S=S=[S]=[V]. The summed E-state index contributed by atoms with van der Waals surface area (Å²) in [6, 6.07) is 0. The summed E-state index contributed by atoms with van der Waals surface area (Å²) >= 11 is 6.73. The first-order valence-corrected chi connectivity index (χ1v) is 5.26. The Balaban J connectivity index is 3.95. The molecule has 0 fully saturated rings. The Morgan fingerprint density at radius 1 is 1.75 bits per heavy atom. The van der Waals surface area contributed by atoms with E-state index in [1.165, 1.54) is 16.9 Å². The Hall–Kier alpha value is 1.24. The van der Waals surface area contributed by atoms with E-state index < -0.39 is 0 Å². The molecule has 0 aromatic carbocycles. The van der Waals surface area contributed by atoms with Gasteiger partial charge >= 0.3 is 43.8 Å². The van der Waals surface area contributed by atoms with E-state index in [4.69, 9.17) is 0 Å². The van der Waals surface area contributed by atoms with E-state index in [0.29, 0.717) is 0 Å². The van der Waals surface area contributed by atoms with Gasteiger partial charge in [0.1, 0.15) is 0 Å². The Morgan fingerprint density at radius 2 is 2.00 bits per heavy atom. The molecule has 0 N–H and O–H groups in total. The summed E-state index contributed by atoms with van der Waals surface area (Å²) in [5, 5.41) is 0. The van der Waals surface area contributed by atoms with Crippen molar-refractivity contribution in [3.05, 3.63) is 0 Å². The molecular weight excluding hydrogens is 147 g/mol. The number of hydrogen-bond donors (Lipinski definition) is 0. The van der Waals surface area contributed by atoms with Crippen LogP contribution in [0.2, 0.25) is 0 Å². The molecule has 0 heterocycles. The van der Waals surface area contributed by atoms with Crippen molar-refractivity contribution in [1.29, 1.82) is 0 Å². The molecule has 23 valence electrons. The van der Waals surface area contributed by atoms with Crippen LogP contribution in [0.4, 0.5) is 0 Å². The van der Waals surface area contributed by atoms with Gasteiger partial charge in [0.25, 0.3) is 0 Å². The summed E-state index contributed by atoms with van der Waals surface area (Å²) in [5.41, 5.74) is 0. The molecule has 0 amide bonds. The van der Waals surface area contributed by atoms with E-state index in [9.17, 15) is 0 Å². The van der Waals surface area contributed by atoms with Crippen molar-refractivity contribution in [2.45, 2.75) is 0 Å². The van der Waals surface area contributed by atoms with Crippen molar-refractivity contribution in [2.75, 3.05) is 0 Å². The first-order valence-electron chi connectivity index (χ1n) is 0.516. The molecule has 0 aliphatic rings. The zero-order valence-electron chi connectivity index (χ0n) is 1.67. The van der Waals surface area contributed by atoms with E-state index in [2.05, 4.69) is 26.9 Å². The number of rotatable bonds is 0. The predicted octanol–water partition coefficient (Wildman–Crippen LogP) is -0.00970. The van der Waals surface area contributed by atoms with Crippen LogP contribution < -0.4 is 0 Å². The van der Waals surface area contributed by atoms with Crippen LogP contribution in [-0.4, -0.2) is 0 Å². The van der Waals surface area contributed by atoms with Gasteiger partial charge < -0.3 is 0 Å². The second kappa shape index (κ2) is 4.24. The predicted molar refractivity (Wildman–Crippen MR) is 22.1 cm³/mol. The molecule has 0 unspecified atom stereocenters. The van der Waals surface area contributed by atoms with Crippen molar-refractivity contribution in [2.24, 2.45) is 0 Å². The Bertz CT molecular complexity index is 53.4. The van der Waals surface area contributed by atoms with E-state index in [0.717, 1.165) is 0 Å². The molecular formula is S3V. The molecule has 0 saturated carbocycles. The van der Waals surface area contributed by atoms with Gasteiger partial charge in [-0.1, -0.05) is 0 Å². The maximum atomic E-state index is 4.42. The van der Waals surface area contributed by atoms with Crippen LogP contribution in [0.1, 0.15) is 0 Å². The molecule has 0 aromatic rings. The third-order valence-corrected chi connectivity index (χ3v) is 3.39. The molecule has 0 aliphatic heterocycles. The topological polar surface area (TPSA) is 0 Å². The van der Waals surface area contributed by atoms with Crippen LogP contribution in [0.3, 0.4) is 0 Å². The molecule has 0 atom stereocenters. The normalized spacial score (nSPS) is 4.75. The van der Waals surface area contributed by atoms with Crippen molar-refractivity contribution in [3.8, 4) is 0 Å². The minimum atomic E-state index is 1.33. The Kier molecular flexibility index (Phi) is 5.56. The second-order valence-corrected chi connectivity index (χ2v) is 4.60. The summed E-state index contributed by atoms with van der Waals surface area (Å²) in [6.45, 7) is 0. The van der Waals surface area contributed by atoms with Crippen molar-refractivity contribution < 1.29 is 15.7 Å². The average Bonchev–Trinajstić information content (AvgIpc) is 1.37. The summed E-state index contributed by atoms with van der Waals surface area (Å²) in [4.78, 5) is 0. The molecule has 0 radical (unpaired) electrons. The fraction of sp³-hybridized carbons (Fsp3) is 0. The van der Waals surface area contributed by atoms with Crippen LogP contribution in [0.25, 0.3) is 0 Å². The van der Waals surface area contributed by atoms with Crippen LogP contribution in [0, 0.1) is 0 Å². The Labute approximate surface area is 43.7 Å². The molecule has 0 saturated heterocycles. The van der Waals surface area contributed by atoms with Gasteiger partial charge in [-0.15, -0.1) is 0 Å². The quantitative estimate of drug-likeness (QED) is 0.464. The summed E-state index contributed by atoms with van der Waals surface area (Å²) in [5.74, 6) is 0. The van der Waals surface area contributed by atoms with Gasteiger partial charge in [-0.05, 0) is 0 Å². The van der Waals surface area contributed by atoms with E-state index in [1.807, 2.05) is 0 Å². The Morgan fingerprint density at radius 3 is 2.00 bits per heavy atom. The molecule has 0 nitrogen and oxygen atoms in total. The van der Waals surface area contributed by atoms with Crippen molar-refractivity contribution in [1.82, 2.24) is 0 Å². The van der Waals surface area contributed by atoms with Crippen LogP contribution in [0.5, 0.6) is 0 Å². The first kappa shape index (κ1) is 5.24. The molecule has 0 spiro atoms. The van der Waals surface area contributed by atoms with Gasteiger partial charge in [-0.2, -0.15) is 0 Å². The molecule has 0 rings (SSSR count). The molecule has 0 aliphatic carbocycles. The van der Waals surface area contributed by atoms with Crippen molar-refractivity contribution >= 4 is 28.0 Å². The summed E-state index contributed by atoms with van der Waals surface area (Å²) < 4.78 is 0. The molecule has 4 heavy (non-hydrogen) atoms. The van der Waals surface area contributed by atoms with E-state index in [-0.39, 0.29) is 0 Å². The third kappa shape index (κ3) is 3.24. The summed E-state index contributed by atoms with van der Waals surface area (Å²) in [6.07, 6.45) is 0. The zero-order chi connectivity index (χ0) is 3.41. The minimum absolute atomic E-state index is 1.33. The molecule has 0 aromatic heterocycles. The number of hydrogen-bond acceptors (Lipinski definition) is 1. The fourth-order valence-corrected chi connectivity index (χ4v) is 0. The standard InChI is InChI=1S/S3.V/c1-3-2;. The van der Waals surface area contributed by atoms with Crippen LogP contribution >= 0.6 is 0 Å². The van der Waals surface area contributed by atoms with E-state index >= 15 is 0 Å². The van der Waals surface area contributed by atoms with Gasteiger partial charge in [-0.25, -0.2) is 0 Å². The summed E-state index contributed by atoms with van der Waals surface area (Å²) in [7, 11) is 2.85. The monoisotopic (exact) mass is 147 g/mol. The second-order valence-electron chi connectivity index (χ2n) is 0.143. The van der Waals surface area contributed by atoms with Gasteiger partial charge in [-0.3, -0.25) is 0 Å². The maximum absolute atomic E-state index is 4.42. The molecule has 4 heteroatoms.